The van der Waals surface area contributed by atoms with Crippen molar-refractivity contribution in [2.24, 2.45) is 11.8 Å². The lowest BCUT2D eigenvalue weighted by Gasteiger charge is -2.20. The molecule has 2 rings (SSSR count). The molecule has 0 spiro atoms. The Morgan fingerprint density at radius 2 is 2.24 bits per heavy atom. The van der Waals surface area contributed by atoms with Crippen LogP contribution in [0.4, 0.5) is 0 Å². The van der Waals surface area contributed by atoms with Gasteiger partial charge in [0.05, 0.1) is 12.7 Å². The molecule has 0 aromatic heterocycles. The molecule has 2 unspecified atom stereocenters. The fourth-order valence-corrected chi connectivity index (χ4v) is 2.90. The molecule has 2 aliphatic rings. The highest BCUT2D eigenvalue weighted by Crippen LogP contribution is 2.19. The van der Waals surface area contributed by atoms with Crippen molar-refractivity contribution in [2.45, 2.75) is 32.7 Å². The van der Waals surface area contributed by atoms with E-state index in [1.165, 1.54) is 13.0 Å². The van der Waals surface area contributed by atoms with Gasteiger partial charge in [-0.1, -0.05) is 13.8 Å². The largest absolute Gasteiger partial charge is 0.328 e. The minimum atomic E-state index is 0.0640. The molecule has 4 nitrogen and oxygen atoms in total. The second-order valence-electron chi connectivity index (χ2n) is 6.02. The number of rotatable bonds is 4. The van der Waals surface area contributed by atoms with Crippen LogP contribution in [0, 0.1) is 11.8 Å². The predicted molar refractivity (Wildman–Crippen MR) is 68.6 cm³/mol. The van der Waals surface area contributed by atoms with Crippen LogP contribution in [0.3, 0.4) is 0 Å². The van der Waals surface area contributed by atoms with Gasteiger partial charge in [-0.25, -0.2) is 0 Å². The topological polar surface area (TPSA) is 35.6 Å². The number of nitrogens with zero attached hydrogens (tertiary/aromatic N) is 2. The fourth-order valence-electron chi connectivity index (χ4n) is 2.90. The predicted octanol–water partition coefficient (Wildman–Crippen LogP) is 0.742. The quantitative estimate of drug-likeness (QED) is 0.786. The molecule has 0 aliphatic carbocycles. The van der Waals surface area contributed by atoms with E-state index in [4.69, 9.17) is 0 Å². The first kappa shape index (κ1) is 12.8. The summed E-state index contributed by atoms with van der Waals surface area (Å²) >= 11 is 0. The van der Waals surface area contributed by atoms with Gasteiger partial charge in [-0.05, 0) is 38.3 Å². The molecule has 98 valence electrons. The third kappa shape index (κ3) is 3.19. The summed E-state index contributed by atoms with van der Waals surface area (Å²) in [5.41, 5.74) is 0. The van der Waals surface area contributed by atoms with Crippen LogP contribution in [0.2, 0.25) is 0 Å². The van der Waals surface area contributed by atoms with Crippen molar-refractivity contribution in [3.05, 3.63) is 0 Å². The van der Waals surface area contributed by atoms with E-state index in [9.17, 15) is 4.79 Å². The van der Waals surface area contributed by atoms with Gasteiger partial charge in [-0.2, -0.15) is 0 Å². The number of likely N-dealkylation sites (tertiary alicyclic amines) is 1. The minimum absolute atomic E-state index is 0.0640. The molecule has 2 saturated heterocycles. The molecule has 2 fully saturated rings. The van der Waals surface area contributed by atoms with E-state index in [-0.39, 0.29) is 6.04 Å². The zero-order valence-electron chi connectivity index (χ0n) is 11.3. The molecule has 2 atom stereocenters. The second kappa shape index (κ2) is 5.36. The third-order valence-corrected chi connectivity index (χ3v) is 3.81. The maximum Gasteiger partial charge on any atom is 0.240 e. The van der Waals surface area contributed by atoms with Gasteiger partial charge in [0, 0.05) is 13.1 Å². The lowest BCUT2D eigenvalue weighted by Crippen LogP contribution is -2.35. The average Bonchev–Trinajstić information content (AvgIpc) is 2.79. The van der Waals surface area contributed by atoms with E-state index < -0.39 is 0 Å². The monoisotopic (exact) mass is 239 g/mol. The van der Waals surface area contributed by atoms with E-state index in [1.807, 2.05) is 4.90 Å². The average molecular weight is 239 g/mol. The number of amides is 1. The van der Waals surface area contributed by atoms with Gasteiger partial charge >= 0.3 is 0 Å². The van der Waals surface area contributed by atoms with E-state index in [2.05, 4.69) is 31.1 Å². The third-order valence-electron chi connectivity index (χ3n) is 3.81. The Morgan fingerprint density at radius 3 is 2.82 bits per heavy atom. The summed E-state index contributed by atoms with van der Waals surface area (Å²) in [5, 5.41) is 3.34. The zero-order valence-corrected chi connectivity index (χ0v) is 11.3. The highest BCUT2D eigenvalue weighted by Gasteiger charge is 2.33. The van der Waals surface area contributed by atoms with Gasteiger partial charge in [-0.15, -0.1) is 0 Å². The summed E-state index contributed by atoms with van der Waals surface area (Å²) in [4.78, 5) is 16.5. The van der Waals surface area contributed by atoms with E-state index in [1.54, 1.807) is 0 Å². The number of nitrogens with one attached hydrogen (secondary N) is 1. The molecular weight excluding hydrogens is 214 g/mol. The van der Waals surface area contributed by atoms with Crippen molar-refractivity contribution in [3.8, 4) is 0 Å². The van der Waals surface area contributed by atoms with Gasteiger partial charge in [0.15, 0.2) is 0 Å². The molecule has 0 saturated carbocycles. The molecule has 4 heteroatoms. The summed E-state index contributed by atoms with van der Waals surface area (Å²) in [7, 11) is 2.16. The highest BCUT2D eigenvalue weighted by atomic mass is 16.2. The fraction of sp³-hybridized carbons (Fsp3) is 0.923. The Balaban J connectivity index is 1.81. The summed E-state index contributed by atoms with van der Waals surface area (Å²) in [6.07, 6.45) is 2.19. The normalized spacial score (nSPS) is 30.8. The first-order chi connectivity index (χ1) is 8.06. The maximum absolute atomic E-state index is 12.2. The van der Waals surface area contributed by atoms with Crippen molar-refractivity contribution in [3.63, 3.8) is 0 Å². The van der Waals surface area contributed by atoms with Crippen molar-refractivity contribution < 1.29 is 4.79 Å². The molecule has 17 heavy (non-hydrogen) atoms. The highest BCUT2D eigenvalue weighted by molar-refractivity contribution is 5.83. The van der Waals surface area contributed by atoms with Crippen LogP contribution in [-0.2, 0) is 4.79 Å². The summed E-state index contributed by atoms with van der Waals surface area (Å²) in [6.45, 7) is 8.34. The molecule has 0 bridgehead atoms. The van der Waals surface area contributed by atoms with Crippen LogP contribution >= 0.6 is 0 Å². The number of hydrogen-bond donors (Lipinski definition) is 1. The molecule has 2 heterocycles. The van der Waals surface area contributed by atoms with Crippen LogP contribution in [0.1, 0.15) is 26.7 Å². The summed E-state index contributed by atoms with van der Waals surface area (Å²) in [5.74, 6) is 1.56. The standard InChI is InChI=1S/C13H25N3O/c1-10(2)6-12-13(17)16(9-14-12)8-11-4-5-15(3)7-11/h10-12,14H,4-9H2,1-3H3. The van der Waals surface area contributed by atoms with E-state index in [0.717, 1.165) is 26.2 Å². The Bertz CT molecular complexity index is 280. The Kier molecular flexibility index (Phi) is 4.05. The molecule has 1 N–H and O–H groups in total. The van der Waals surface area contributed by atoms with Crippen LogP contribution in [-0.4, -0.2) is 55.1 Å². The van der Waals surface area contributed by atoms with Gasteiger partial charge in [0.2, 0.25) is 5.91 Å². The first-order valence-corrected chi connectivity index (χ1v) is 6.77. The number of carbonyl (C=O) groups excluding carboxylic acids is 1. The molecule has 1 amide bonds. The van der Waals surface area contributed by atoms with Gasteiger partial charge in [0.25, 0.3) is 0 Å². The molecule has 0 aromatic carbocycles. The van der Waals surface area contributed by atoms with Crippen LogP contribution in [0.15, 0.2) is 0 Å². The van der Waals surface area contributed by atoms with Gasteiger partial charge < -0.3 is 9.80 Å². The van der Waals surface area contributed by atoms with Crippen molar-refractivity contribution >= 4 is 5.91 Å². The van der Waals surface area contributed by atoms with Crippen LogP contribution < -0.4 is 5.32 Å². The van der Waals surface area contributed by atoms with E-state index >= 15 is 0 Å². The van der Waals surface area contributed by atoms with Crippen molar-refractivity contribution in [2.75, 3.05) is 33.4 Å². The Hall–Kier alpha value is -0.610. The van der Waals surface area contributed by atoms with Crippen LogP contribution in [0.5, 0.6) is 0 Å². The molecule has 0 aromatic rings. The first-order valence-electron chi connectivity index (χ1n) is 6.77. The lowest BCUT2D eigenvalue weighted by molar-refractivity contribution is -0.129. The van der Waals surface area contributed by atoms with Gasteiger partial charge in [-0.3, -0.25) is 10.1 Å². The smallest absolute Gasteiger partial charge is 0.240 e. The van der Waals surface area contributed by atoms with Gasteiger partial charge in [0.1, 0.15) is 0 Å². The second-order valence-corrected chi connectivity index (χ2v) is 6.02. The van der Waals surface area contributed by atoms with E-state index in [0.29, 0.717) is 17.7 Å². The zero-order chi connectivity index (χ0) is 12.4. The van der Waals surface area contributed by atoms with Crippen molar-refractivity contribution in [1.29, 1.82) is 0 Å². The van der Waals surface area contributed by atoms with Crippen LogP contribution in [0.25, 0.3) is 0 Å². The number of hydrogen-bond acceptors (Lipinski definition) is 3. The van der Waals surface area contributed by atoms with Crippen molar-refractivity contribution in [1.82, 2.24) is 15.1 Å². The SMILES string of the molecule is CC(C)CC1NCN(CC2CCN(C)C2)C1=O. The lowest BCUT2D eigenvalue weighted by atomic mass is 10.0. The summed E-state index contributed by atoms with van der Waals surface area (Å²) < 4.78 is 0. The Labute approximate surface area is 104 Å². The molecule has 0 radical (unpaired) electrons. The Morgan fingerprint density at radius 1 is 1.47 bits per heavy atom. The maximum atomic E-state index is 12.2. The summed E-state index contributed by atoms with van der Waals surface area (Å²) in [6, 6.07) is 0.0640. The number of carbonyl (C=O) groups is 1. The minimum Gasteiger partial charge on any atom is -0.328 e. The molecular formula is C13H25N3O. The molecule has 2 aliphatic heterocycles.